The van der Waals surface area contributed by atoms with Crippen LogP contribution in [0.4, 0.5) is 0 Å². The lowest BCUT2D eigenvalue weighted by atomic mass is 9.99. The molecular weight excluding hydrogens is 1830 g/mol. The summed E-state index contributed by atoms with van der Waals surface area (Å²) >= 11 is 5.42. The fourth-order valence-corrected chi connectivity index (χ4v) is 27.2. The molecule has 666 valence electrons. The second-order valence-electron chi connectivity index (χ2n) is 37.7. The number of furan rings is 5. The standard InChI is InChI=1S/C126H64N10O5S3/c1-2-21-71(22-3-1)133-88-33-12-4-23-72(88)84-61-69(43-49-92(84)133)117-114-79-29-10-18-39-98(79)139-121(114)130-124(127-117)134-90-35-14-6-27-77(90)109-94(134)51-57-106-112(109)86-59-65(45-54-103(86)143-106)67-41-47-80-100(63-67)140-122-115(80)118(70-44-53-99-85(62-70)74-25-9-16-37-96(74)137-99)128-125(131-122)135-91-36-15-7-28-78(91)110-95(135)52-58-107-113(110)87-60-66(46-55-104(87)144-107)68-42-48-81-101(64-68)141-123-116(81)119(83-32-20-31-75-73-24-8-17-38-97(73)138-120(75)83)129-126(132-123)136-89-34-13-5-26-76(89)108-93(136)50-56-105-111(108)82-30-11-19-40-102(82)142-105/h1-64H. The maximum atomic E-state index is 7.33. The SMILES string of the molecule is c1ccc(-n2c3ccccc3c3cc(-c4nc(-n5c6ccccc6c6c7c(ccc65)sc5ccc(-c6ccc8c(c6)oc6nc(-n9c%10ccccc%10c%10c%11c(ccc%109)sc9ccc(-c%10ccc%12c(c%10)oc%10nc(-n%13c%14ccccc%14c%14c%15c(ccc%14%13)sc%13ccccc%13%15)nc(-c%13cccc%14c%13oc%13ccccc%13%14)c%10%12)cc9%11)nc(-c9ccc%10oc%11ccccc%11c%10c9)c68)cc57)nc5oc6ccccc6c45)ccc32)cc1. The smallest absolute Gasteiger partial charge is 0.238 e. The molecule has 0 amide bonds. The highest BCUT2D eigenvalue weighted by molar-refractivity contribution is 7.27. The summed E-state index contributed by atoms with van der Waals surface area (Å²) in [5.41, 5.74) is 25.0. The van der Waals surface area contributed by atoms with Crippen LogP contribution < -0.4 is 0 Å². The van der Waals surface area contributed by atoms with E-state index < -0.39 is 0 Å². The quantitative estimate of drug-likeness (QED) is 0.135. The summed E-state index contributed by atoms with van der Waals surface area (Å²) < 4.78 is 50.9. The highest BCUT2D eigenvalue weighted by Crippen LogP contribution is 2.53. The van der Waals surface area contributed by atoms with Crippen molar-refractivity contribution in [3.05, 3.63) is 388 Å². The molecule has 19 aromatic carbocycles. The zero-order valence-corrected chi connectivity index (χ0v) is 78.1. The molecule has 0 aliphatic heterocycles. The van der Waals surface area contributed by atoms with Crippen molar-refractivity contribution in [2.45, 2.75) is 0 Å². The number of aromatic nitrogens is 10. The van der Waals surface area contributed by atoms with Gasteiger partial charge in [-0.1, -0.05) is 206 Å². The van der Waals surface area contributed by atoms with E-state index in [4.69, 9.17) is 52.0 Å². The number of para-hydroxylation sites is 9. The Morgan fingerprint density at radius 2 is 0.528 bits per heavy atom. The summed E-state index contributed by atoms with van der Waals surface area (Å²) in [6, 6.07) is 138. The van der Waals surface area contributed by atoms with E-state index in [1.54, 1.807) is 22.7 Å². The molecule has 34 rings (SSSR count). The number of rotatable bonds is 9. The molecule has 0 spiro atoms. The largest absolute Gasteiger partial charge is 0.456 e. The highest BCUT2D eigenvalue weighted by atomic mass is 32.1. The average Bonchev–Trinajstić information content (AvgIpc) is 1.55. The predicted molar refractivity (Wildman–Crippen MR) is 593 cm³/mol. The number of benzene rings is 19. The van der Waals surface area contributed by atoms with E-state index in [9.17, 15) is 0 Å². The van der Waals surface area contributed by atoms with Crippen LogP contribution in [-0.4, -0.2) is 48.2 Å². The summed E-state index contributed by atoms with van der Waals surface area (Å²) in [4.78, 5) is 33.9. The van der Waals surface area contributed by atoms with Gasteiger partial charge < -0.3 is 26.7 Å². The fraction of sp³-hybridized carbons (Fsp3) is 0. The molecule has 0 unspecified atom stereocenters. The van der Waals surface area contributed by atoms with E-state index >= 15 is 0 Å². The summed E-state index contributed by atoms with van der Waals surface area (Å²) in [7, 11) is 0. The molecule has 0 bridgehead atoms. The molecule has 0 fully saturated rings. The first kappa shape index (κ1) is 77.2. The molecule has 0 saturated carbocycles. The first-order valence-corrected chi connectivity index (χ1v) is 50.5. The zero-order valence-electron chi connectivity index (χ0n) is 75.7. The topological polar surface area (TPSA) is 163 Å². The van der Waals surface area contributed by atoms with Crippen molar-refractivity contribution in [1.29, 1.82) is 0 Å². The van der Waals surface area contributed by atoms with Gasteiger partial charge in [0.25, 0.3) is 0 Å². The lowest BCUT2D eigenvalue weighted by Crippen LogP contribution is -2.02. The highest BCUT2D eigenvalue weighted by Gasteiger charge is 2.32. The van der Waals surface area contributed by atoms with Crippen LogP contribution in [0.5, 0.6) is 0 Å². The van der Waals surface area contributed by atoms with Gasteiger partial charge >= 0.3 is 0 Å². The minimum atomic E-state index is 0.462. The Labute approximate surface area is 823 Å². The molecule has 0 radical (unpaired) electrons. The normalized spacial score (nSPS) is 12.6. The van der Waals surface area contributed by atoms with Crippen LogP contribution >= 0.6 is 34.0 Å². The Balaban J connectivity index is 0.520. The third-order valence-electron chi connectivity index (χ3n) is 30.1. The van der Waals surface area contributed by atoms with Gasteiger partial charge in [0.2, 0.25) is 35.0 Å². The van der Waals surface area contributed by atoms with Crippen LogP contribution in [0.2, 0.25) is 0 Å². The molecule has 0 saturated heterocycles. The zero-order chi connectivity index (χ0) is 93.3. The predicted octanol–water partition coefficient (Wildman–Crippen LogP) is 35.4. The van der Waals surface area contributed by atoms with Gasteiger partial charge in [-0.3, -0.25) is 13.7 Å². The number of nitrogens with zero attached hydrogens (tertiary/aromatic N) is 10. The maximum absolute atomic E-state index is 7.33. The Hall–Kier alpha value is -18.7. The van der Waals surface area contributed by atoms with E-state index in [1.165, 1.54) is 29.6 Å². The van der Waals surface area contributed by atoms with Crippen LogP contribution in [0, 0.1) is 0 Å². The summed E-state index contributed by atoms with van der Waals surface area (Å²) in [5.74, 6) is 1.49. The Morgan fingerprint density at radius 3 is 1.08 bits per heavy atom. The summed E-state index contributed by atoms with van der Waals surface area (Å²) in [6.07, 6.45) is 0. The van der Waals surface area contributed by atoms with Crippen molar-refractivity contribution in [2.24, 2.45) is 0 Å². The van der Waals surface area contributed by atoms with E-state index in [0.717, 1.165) is 256 Å². The van der Waals surface area contributed by atoms with Crippen molar-refractivity contribution in [1.82, 2.24) is 48.2 Å². The van der Waals surface area contributed by atoms with Crippen LogP contribution in [0.1, 0.15) is 0 Å². The van der Waals surface area contributed by atoms with Crippen LogP contribution in [0.15, 0.2) is 410 Å². The van der Waals surface area contributed by atoms with Crippen LogP contribution in [0.25, 0.3) is 337 Å². The molecule has 15 aromatic heterocycles. The maximum Gasteiger partial charge on any atom is 0.238 e. The van der Waals surface area contributed by atoms with Gasteiger partial charge in [-0.05, 0) is 204 Å². The lowest BCUT2D eigenvalue weighted by Gasteiger charge is -2.11. The molecular formula is C126H64N10O5S3. The van der Waals surface area contributed by atoms with Crippen LogP contribution in [0.3, 0.4) is 0 Å². The van der Waals surface area contributed by atoms with Crippen molar-refractivity contribution in [3.63, 3.8) is 0 Å². The first-order chi connectivity index (χ1) is 71.3. The van der Waals surface area contributed by atoms with Gasteiger partial charge in [-0.25, -0.2) is 15.0 Å². The second-order valence-corrected chi connectivity index (χ2v) is 40.9. The Morgan fingerprint density at radius 1 is 0.174 bits per heavy atom. The van der Waals surface area contributed by atoms with Crippen LogP contribution in [-0.2, 0) is 0 Å². The minimum Gasteiger partial charge on any atom is -0.456 e. The molecule has 34 aromatic rings. The first-order valence-electron chi connectivity index (χ1n) is 48.1. The molecule has 0 atom stereocenters. The number of hydrogen-bond acceptors (Lipinski definition) is 14. The van der Waals surface area contributed by atoms with Gasteiger partial charge in [-0.2, -0.15) is 15.0 Å². The van der Waals surface area contributed by atoms with Crippen molar-refractivity contribution in [2.75, 3.05) is 0 Å². The molecule has 15 heterocycles. The van der Waals surface area contributed by atoms with Crippen molar-refractivity contribution < 1.29 is 22.1 Å². The monoisotopic (exact) mass is 1890 g/mol. The summed E-state index contributed by atoms with van der Waals surface area (Å²) in [6.45, 7) is 0. The number of thiophene rings is 3. The minimum absolute atomic E-state index is 0.462. The third-order valence-corrected chi connectivity index (χ3v) is 33.5. The van der Waals surface area contributed by atoms with Gasteiger partial charge in [0, 0.05) is 164 Å². The van der Waals surface area contributed by atoms with E-state index in [-0.39, 0.29) is 0 Å². The average molecular weight is 1890 g/mol. The molecule has 18 heteroatoms. The molecule has 0 N–H and O–H groups in total. The Kier molecular flexibility index (Phi) is 15.3. The fourth-order valence-electron chi connectivity index (χ4n) is 23.9. The number of fused-ring (bicyclic) bond motifs is 39. The van der Waals surface area contributed by atoms with Gasteiger partial charge in [-0.15, -0.1) is 34.0 Å². The van der Waals surface area contributed by atoms with Gasteiger partial charge in [0.1, 0.15) is 39.1 Å². The molecule has 0 aliphatic rings. The van der Waals surface area contributed by atoms with E-state index in [0.29, 0.717) is 51.8 Å². The van der Waals surface area contributed by atoms with Crippen molar-refractivity contribution in [3.8, 4) is 79.6 Å². The molecule has 144 heavy (non-hydrogen) atoms. The van der Waals surface area contributed by atoms with E-state index in [2.05, 4.69) is 370 Å². The summed E-state index contributed by atoms with van der Waals surface area (Å²) in [5, 5.41) is 25.3. The number of hydrogen-bond donors (Lipinski definition) is 0. The molecule has 0 aliphatic carbocycles. The Bertz CT molecular complexity index is 11800. The van der Waals surface area contributed by atoms with Crippen molar-refractivity contribution >= 4 is 292 Å². The second kappa shape index (κ2) is 28.5. The lowest BCUT2D eigenvalue weighted by molar-refractivity contribution is 0.651. The van der Waals surface area contributed by atoms with E-state index in [1.807, 2.05) is 47.7 Å². The van der Waals surface area contributed by atoms with Gasteiger partial charge in [0.05, 0.1) is 77.4 Å². The molecule has 15 nitrogen and oxygen atoms in total. The third kappa shape index (κ3) is 10.6. The van der Waals surface area contributed by atoms with Gasteiger partial charge in [0.15, 0.2) is 0 Å².